The quantitative estimate of drug-likeness (QED) is 0.636. The molecule has 0 aliphatic heterocycles. The summed E-state index contributed by atoms with van der Waals surface area (Å²) in [5.74, 6) is 1.99. The van der Waals surface area contributed by atoms with Gasteiger partial charge in [0, 0.05) is 6.42 Å². The first-order valence-electron chi connectivity index (χ1n) is 6.28. The van der Waals surface area contributed by atoms with Gasteiger partial charge in [0.25, 0.3) is 0 Å². The highest BCUT2D eigenvalue weighted by atomic mass is 16.1. The lowest BCUT2D eigenvalue weighted by Gasteiger charge is -2.15. The second-order valence-electron chi connectivity index (χ2n) is 5.24. The van der Waals surface area contributed by atoms with Gasteiger partial charge in [-0.1, -0.05) is 6.08 Å². The van der Waals surface area contributed by atoms with Crippen LogP contribution >= 0.6 is 0 Å². The molecule has 3 aliphatic carbocycles. The Bertz CT molecular complexity index is 348. The van der Waals surface area contributed by atoms with Gasteiger partial charge in [-0.3, -0.25) is 4.79 Å². The number of hydrogen-bond donors (Lipinski definition) is 0. The van der Waals surface area contributed by atoms with Gasteiger partial charge in [0.05, 0.1) is 0 Å². The maximum Gasteiger partial charge on any atom is 0.155 e. The molecule has 80 valence electrons. The van der Waals surface area contributed by atoms with Crippen LogP contribution in [0.15, 0.2) is 23.3 Å². The van der Waals surface area contributed by atoms with Crippen LogP contribution in [0.1, 0.15) is 44.9 Å². The molecule has 1 nitrogen and oxygen atoms in total. The Kier molecular flexibility index (Phi) is 2.27. The van der Waals surface area contributed by atoms with Crippen molar-refractivity contribution in [3.05, 3.63) is 23.3 Å². The molecule has 0 aromatic heterocycles. The number of carbonyl (C=O) groups excluding carboxylic acids is 1. The third-order valence-electron chi connectivity index (χ3n) is 4.15. The minimum Gasteiger partial charge on any atom is -0.295 e. The van der Waals surface area contributed by atoms with Crippen LogP contribution < -0.4 is 0 Å². The van der Waals surface area contributed by atoms with Crippen molar-refractivity contribution >= 4 is 5.78 Å². The van der Waals surface area contributed by atoms with Crippen LogP contribution in [0.3, 0.4) is 0 Å². The minimum atomic E-state index is 0.353. The predicted octanol–water partition coefficient (Wildman–Crippen LogP) is 3.41. The van der Waals surface area contributed by atoms with Crippen molar-refractivity contribution in [3.8, 4) is 0 Å². The van der Waals surface area contributed by atoms with Gasteiger partial charge in [-0.2, -0.15) is 0 Å². The lowest BCUT2D eigenvalue weighted by atomic mass is 9.89. The summed E-state index contributed by atoms with van der Waals surface area (Å²) in [4.78, 5) is 11.6. The second-order valence-corrected chi connectivity index (χ2v) is 5.24. The third kappa shape index (κ3) is 1.68. The monoisotopic (exact) mass is 202 g/mol. The van der Waals surface area contributed by atoms with Gasteiger partial charge >= 0.3 is 0 Å². The van der Waals surface area contributed by atoms with Crippen molar-refractivity contribution in [1.29, 1.82) is 0 Å². The predicted molar refractivity (Wildman–Crippen MR) is 60.5 cm³/mol. The van der Waals surface area contributed by atoms with Crippen LogP contribution in [0, 0.1) is 11.8 Å². The fourth-order valence-corrected chi connectivity index (χ4v) is 3.39. The lowest BCUT2D eigenvalue weighted by molar-refractivity contribution is -0.114. The van der Waals surface area contributed by atoms with Crippen molar-refractivity contribution in [2.24, 2.45) is 11.8 Å². The van der Waals surface area contributed by atoms with E-state index in [1.807, 2.05) is 6.08 Å². The Morgan fingerprint density at radius 1 is 1.13 bits per heavy atom. The summed E-state index contributed by atoms with van der Waals surface area (Å²) in [6, 6.07) is 0. The number of fused-ring (bicyclic) bond motifs is 2. The molecule has 0 saturated heterocycles. The summed E-state index contributed by atoms with van der Waals surface area (Å²) in [5, 5.41) is 0. The average Bonchev–Trinajstić information content (AvgIpc) is 2.78. The number of hydrogen-bond acceptors (Lipinski definition) is 1. The Labute approximate surface area is 91.2 Å². The first-order chi connectivity index (χ1) is 7.33. The summed E-state index contributed by atoms with van der Waals surface area (Å²) in [6.07, 6.45) is 12.7. The topological polar surface area (TPSA) is 17.1 Å². The van der Waals surface area contributed by atoms with Crippen molar-refractivity contribution in [3.63, 3.8) is 0 Å². The smallest absolute Gasteiger partial charge is 0.155 e. The molecular weight excluding hydrogens is 184 g/mol. The normalized spacial score (nSPS) is 35.1. The molecule has 2 bridgehead atoms. The van der Waals surface area contributed by atoms with E-state index in [0.29, 0.717) is 5.78 Å². The highest BCUT2D eigenvalue weighted by Crippen LogP contribution is 2.47. The minimum absolute atomic E-state index is 0.353. The molecule has 0 unspecified atom stereocenters. The van der Waals surface area contributed by atoms with Crippen molar-refractivity contribution < 1.29 is 4.79 Å². The zero-order valence-corrected chi connectivity index (χ0v) is 9.17. The zero-order valence-electron chi connectivity index (χ0n) is 9.17. The molecule has 1 heteroatoms. The van der Waals surface area contributed by atoms with Crippen molar-refractivity contribution in [1.82, 2.24) is 0 Å². The van der Waals surface area contributed by atoms with Crippen LogP contribution in [0.4, 0.5) is 0 Å². The summed E-state index contributed by atoms with van der Waals surface area (Å²) >= 11 is 0. The van der Waals surface area contributed by atoms with E-state index in [1.54, 1.807) is 5.57 Å². The Morgan fingerprint density at radius 3 is 2.73 bits per heavy atom. The van der Waals surface area contributed by atoms with E-state index in [1.165, 1.54) is 31.3 Å². The van der Waals surface area contributed by atoms with E-state index in [-0.39, 0.29) is 0 Å². The fraction of sp³-hybridized carbons (Fsp3) is 0.643. The molecule has 1 saturated carbocycles. The van der Waals surface area contributed by atoms with Crippen molar-refractivity contribution in [2.45, 2.75) is 44.9 Å². The zero-order chi connectivity index (χ0) is 10.3. The molecule has 0 radical (unpaired) electrons. The molecule has 0 heterocycles. The summed E-state index contributed by atoms with van der Waals surface area (Å²) < 4.78 is 0. The van der Waals surface area contributed by atoms with Gasteiger partial charge in [0.15, 0.2) is 5.78 Å². The van der Waals surface area contributed by atoms with Gasteiger partial charge in [-0.05, 0) is 67.6 Å². The summed E-state index contributed by atoms with van der Waals surface area (Å²) in [7, 11) is 0. The summed E-state index contributed by atoms with van der Waals surface area (Å²) in [6.45, 7) is 0. The van der Waals surface area contributed by atoms with E-state index >= 15 is 0 Å². The van der Waals surface area contributed by atoms with E-state index in [4.69, 9.17) is 0 Å². The number of ketones is 1. The first-order valence-corrected chi connectivity index (χ1v) is 6.28. The molecule has 15 heavy (non-hydrogen) atoms. The van der Waals surface area contributed by atoms with E-state index in [2.05, 4.69) is 6.08 Å². The van der Waals surface area contributed by atoms with E-state index < -0.39 is 0 Å². The maximum atomic E-state index is 11.6. The Balaban J connectivity index is 1.87. The summed E-state index contributed by atoms with van der Waals surface area (Å²) in [5.41, 5.74) is 2.92. The highest BCUT2D eigenvalue weighted by molar-refractivity contribution is 5.91. The molecule has 0 spiro atoms. The molecule has 0 amide bonds. The van der Waals surface area contributed by atoms with Crippen LogP contribution in [0.25, 0.3) is 0 Å². The van der Waals surface area contributed by atoms with Gasteiger partial charge in [-0.25, -0.2) is 0 Å². The van der Waals surface area contributed by atoms with Gasteiger partial charge in [-0.15, -0.1) is 0 Å². The molecule has 3 rings (SSSR count). The molecular formula is C14H18O. The molecule has 0 aromatic rings. The second kappa shape index (κ2) is 3.62. The van der Waals surface area contributed by atoms with Crippen LogP contribution in [-0.2, 0) is 4.79 Å². The third-order valence-corrected chi connectivity index (χ3v) is 4.15. The lowest BCUT2D eigenvalue weighted by Crippen LogP contribution is -2.01. The number of allylic oxidation sites excluding steroid dienone is 4. The molecule has 0 aromatic carbocycles. The highest BCUT2D eigenvalue weighted by Gasteiger charge is 2.34. The largest absolute Gasteiger partial charge is 0.295 e. The molecule has 2 atom stereocenters. The van der Waals surface area contributed by atoms with Crippen LogP contribution in [0.5, 0.6) is 0 Å². The van der Waals surface area contributed by atoms with Crippen LogP contribution in [-0.4, -0.2) is 5.78 Å². The molecule has 1 fully saturated rings. The van der Waals surface area contributed by atoms with Crippen LogP contribution in [0.2, 0.25) is 0 Å². The van der Waals surface area contributed by atoms with E-state index in [9.17, 15) is 4.79 Å². The number of carbonyl (C=O) groups is 1. The maximum absolute atomic E-state index is 11.6. The fourth-order valence-electron chi connectivity index (χ4n) is 3.39. The Morgan fingerprint density at radius 2 is 2.00 bits per heavy atom. The van der Waals surface area contributed by atoms with Crippen molar-refractivity contribution in [2.75, 3.05) is 0 Å². The standard InChI is InChI=1S/C14H18O/c15-13-4-2-1-3-11(9-13)14-8-10-5-6-12(14)7-10/h8-10,12H,1-7H2/t10-,12+/m0/s1. The molecule has 3 aliphatic rings. The average molecular weight is 202 g/mol. The SMILES string of the molecule is O=C1C=C(C2=C[C@H]3CC[C@@H]2C3)CCCC1. The van der Waals surface area contributed by atoms with Gasteiger partial charge in [0.1, 0.15) is 0 Å². The van der Waals surface area contributed by atoms with E-state index in [0.717, 1.165) is 31.1 Å². The molecule has 0 N–H and O–H groups in total. The van der Waals surface area contributed by atoms with Gasteiger partial charge in [0.2, 0.25) is 0 Å². The first kappa shape index (κ1) is 9.38. The van der Waals surface area contributed by atoms with Gasteiger partial charge < -0.3 is 0 Å². The Hall–Kier alpha value is -0.850. The number of rotatable bonds is 1.